The van der Waals surface area contributed by atoms with Crippen LogP contribution in [0.15, 0.2) is 0 Å². The van der Waals surface area contributed by atoms with Crippen LogP contribution >= 0.6 is 0 Å². The van der Waals surface area contributed by atoms with E-state index < -0.39 is 6.10 Å². The molecule has 1 aliphatic carbocycles. The molecule has 1 saturated carbocycles. The van der Waals surface area contributed by atoms with Gasteiger partial charge in [-0.3, -0.25) is 0 Å². The van der Waals surface area contributed by atoms with Crippen molar-refractivity contribution in [3.63, 3.8) is 0 Å². The van der Waals surface area contributed by atoms with Crippen molar-refractivity contribution in [2.45, 2.75) is 64.6 Å². The predicted molar refractivity (Wildman–Crippen MR) is 82.0 cm³/mol. The maximum absolute atomic E-state index is 9.87. The summed E-state index contributed by atoms with van der Waals surface area (Å²) < 4.78 is 11.2. The van der Waals surface area contributed by atoms with Gasteiger partial charge in [-0.15, -0.1) is 0 Å². The van der Waals surface area contributed by atoms with Crippen molar-refractivity contribution < 1.29 is 14.6 Å². The molecule has 4 nitrogen and oxygen atoms in total. The lowest BCUT2D eigenvalue weighted by Crippen LogP contribution is -2.33. The fourth-order valence-electron chi connectivity index (χ4n) is 2.65. The fourth-order valence-corrected chi connectivity index (χ4v) is 2.65. The molecular weight excluding hydrogens is 254 g/mol. The summed E-state index contributed by atoms with van der Waals surface area (Å²) in [6, 6.07) is 0. The summed E-state index contributed by atoms with van der Waals surface area (Å²) >= 11 is 0. The smallest absolute Gasteiger partial charge is 0.0897 e. The summed E-state index contributed by atoms with van der Waals surface area (Å²) in [7, 11) is 0. The van der Waals surface area contributed by atoms with Crippen LogP contribution in [-0.4, -0.2) is 50.2 Å². The van der Waals surface area contributed by atoms with Crippen LogP contribution in [-0.2, 0) is 9.47 Å². The van der Waals surface area contributed by atoms with Crippen molar-refractivity contribution >= 4 is 0 Å². The van der Waals surface area contributed by atoms with Gasteiger partial charge in [0.25, 0.3) is 0 Å². The van der Waals surface area contributed by atoms with Crippen molar-refractivity contribution in [2.24, 2.45) is 5.92 Å². The Hall–Kier alpha value is -0.160. The van der Waals surface area contributed by atoms with Crippen molar-refractivity contribution in [1.29, 1.82) is 0 Å². The fraction of sp³-hybridized carbons (Fsp3) is 1.00. The zero-order valence-corrected chi connectivity index (χ0v) is 13.3. The quantitative estimate of drug-likeness (QED) is 0.573. The molecule has 1 fully saturated rings. The molecule has 0 amide bonds. The molecule has 0 aromatic rings. The van der Waals surface area contributed by atoms with Crippen LogP contribution in [0, 0.1) is 5.92 Å². The highest BCUT2D eigenvalue weighted by Crippen LogP contribution is 2.25. The van der Waals surface area contributed by atoms with Crippen LogP contribution in [0.2, 0.25) is 0 Å². The second-order valence-corrected chi connectivity index (χ2v) is 6.05. The van der Waals surface area contributed by atoms with E-state index in [1.54, 1.807) is 0 Å². The maximum Gasteiger partial charge on any atom is 0.0897 e. The van der Waals surface area contributed by atoms with E-state index in [9.17, 15) is 5.11 Å². The Balaban J connectivity index is 1.91. The van der Waals surface area contributed by atoms with Gasteiger partial charge in [-0.05, 0) is 38.1 Å². The van der Waals surface area contributed by atoms with Gasteiger partial charge in [0, 0.05) is 19.8 Å². The lowest BCUT2D eigenvalue weighted by Gasteiger charge is -2.27. The molecule has 4 heteroatoms. The van der Waals surface area contributed by atoms with Gasteiger partial charge in [0.15, 0.2) is 0 Å². The topological polar surface area (TPSA) is 50.7 Å². The summed E-state index contributed by atoms with van der Waals surface area (Å²) in [5, 5.41) is 13.1. The van der Waals surface area contributed by atoms with Gasteiger partial charge in [-0.25, -0.2) is 0 Å². The molecule has 20 heavy (non-hydrogen) atoms. The van der Waals surface area contributed by atoms with Crippen molar-refractivity contribution in [2.75, 3.05) is 32.9 Å². The van der Waals surface area contributed by atoms with E-state index >= 15 is 0 Å². The number of ether oxygens (including phenoxy) is 2. The van der Waals surface area contributed by atoms with Gasteiger partial charge < -0.3 is 19.9 Å². The van der Waals surface area contributed by atoms with E-state index in [0.29, 0.717) is 19.3 Å². The van der Waals surface area contributed by atoms with E-state index in [1.165, 1.54) is 12.8 Å². The highest BCUT2D eigenvalue weighted by atomic mass is 16.5. The molecule has 2 N–H and O–H groups in total. The summed E-state index contributed by atoms with van der Waals surface area (Å²) in [5.74, 6) is 0.770. The van der Waals surface area contributed by atoms with E-state index in [0.717, 1.165) is 51.4 Å². The predicted octanol–water partition coefficient (Wildman–Crippen LogP) is 2.35. The minimum Gasteiger partial charge on any atom is -0.389 e. The second kappa shape index (κ2) is 11.5. The van der Waals surface area contributed by atoms with Crippen LogP contribution in [0.4, 0.5) is 0 Å². The lowest BCUT2D eigenvalue weighted by molar-refractivity contribution is -0.0306. The molecule has 120 valence electrons. The van der Waals surface area contributed by atoms with Crippen LogP contribution < -0.4 is 5.32 Å². The Kier molecular flexibility index (Phi) is 10.3. The maximum atomic E-state index is 9.87. The van der Waals surface area contributed by atoms with Crippen molar-refractivity contribution in [1.82, 2.24) is 5.32 Å². The van der Waals surface area contributed by atoms with Gasteiger partial charge >= 0.3 is 0 Å². The monoisotopic (exact) mass is 287 g/mol. The minimum atomic E-state index is -0.399. The first-order valence-corrected chi connectivity index (χ1v) is 8.30. The molecule has 0 aromatic heterocycles. The van der Waals surface area contributed by atoms with Crippen molar-refractivity contribution in [3.05, 3.63) is 0 Å². The first kappa shape index (κ1) is 17.9. The third-order valence-corrected chi connectivity index (χ3v) is 3.78. The van der Waals surface area contributed by atoms with Gasteiger partial charge in [-0.2, -0.15) is 0 Å². The summed E-state index contributed by atoms with van der Waals surface area (Å²) in [6.45, 7) is 7.99. The molecule has 0 aromatic carbocycles. The minimum absolute atomic E-state index is 0.357. The third kappa shape index (κ3) is 8.90. The molecule has 0 bridgehead atoms. The standard InChI is InChI=1S/C16H33NO3/c1-3-9-19-10-5-8-17-12-15(18)13-20-16-7-4-6-14(2)11-16/h14-18H,3-13H2,1-2H3. The van der Waals surface area contributed by atoms with Crippen LogP contribution in [0.3, 0.4) is 0 Å². The zero-order chi connectivity index (χ0) is 14.6. The average Bonchev–Trinajstić information content (AvgIpc) is 2.44. The molecular formula is C16H33NO3. The summed E-state index contributed by atoms with van der Waals surface area (Å²) in [5.41, 5.74) is 0. The molecule has 0 saturated heterocycles. The number of hydrogen-bond acceptors (Lipinski definition) is 4. The molecule has 1 aliphatic rings. The Morgan fingerprint density at radius 3 is 2.90 bits per heavy atom. The average molecular weight is 287 g/mol. The Morgan fingerprint density at radius 2 is 2.15 bits per heavy atom. The molecule has 0 heterocycles. The number of nitrogens with one attached hydrogen (secondary N) is 1. The van der Waals surface area contributed by atoms with Gasteiger partial charge in [0.2, 0.25) is 0 Å². The lowest BCUT2D eigenvalue weighted by atomic mass is 9.89. The molecule has 0 spiro atoms. The molecule has 3 atom stereocenters. The van der Waals surface area contributed by atoms with Gasteiger partial charge in [0.05, 0.1) is 18.8 Å². The Bertz CT molecular complexity index is 226. The molecule has 0 radical (unpaired) electrons. The second-order valence-electron chi connectivity index (χ2n) is 6.05. The number of aliphatic hydroxyl groups excluding tert-OH is 1. The highest BCUT2D eigenvalue weighted by Gasteiger charge is 2.20. The Labute approximate surface area is 124 Å². The van der Waals surface area contributed by atoms with E-state index in [-0.39, 0.29) is 0 Å². The molecule has 3 unspecified atom stereocenters. The summed E-state index contributed by atoms with van der Waals surface area (Å²) in [4.78, 5) is 0. The first-order chi connectivity index (χ1) is 9.72. The van der Waals surface area contributed by atoms with Gasteiger partial charge in [0.1, 0.15) is 0 Å². The number of rotatable bonds is 11. The normalized spacial score (nSPS) is 24.8. The highest BCUT2D eigenvalue weighted by molar-refractivity contribution is 4.71. The molecule has 0 aliphatic heterocycles. The van der Waals surface area contributed by atoms with Crippen LogP contribution in [0.1, 0.15) is 52.4 Å². The van der Waals surface area contributed by atoms with E-state index in [4.69, 9.17) is 9.47 Å². The van der Waals surface area contributed by atoms with E-state index in [2.05, 4.69) is 19.2 Å². The van der Waals surface area contributed by atoms with Crippen LogP contribution in [0.5, 0.6) is 0 Å². The SMILES string of the molecule is CCCOCCCNCC(O)COC1CCCC(C)C1. The third-order valence-electron chi connectivity index (χ3n) is 3.78. The molecule has 1 rings (SSSR count). The Morgan fingerprint density at radius 1 is 1.30 bits per heavy atom. The van der Waals surface area contributed by atoms with Crippen LogP contribution in [0.25, 0.3) is 0 Å². The largest absolute Gasteiger partial charge is 0.389 e. The van der Waals surface area contributed by atoms with E-state index in [1.807, 2.05) is 0 Å². The first-order valence-electron chi connectivity index (χ1n) is 8.30. The number of aliphatic hydroxyl groups is 1. The van der Waals surface area contributed by atoms with Crippen molar-refractivity contribution in [3.8, 4) is 0 Å². The number of hydrogen-bond donors (Lipinski definition) is 2. The van der Waals surface area contributed by atoms with Gasteiger partial charge in [-0.1, -0.05) is 26.7 Å². The summed E-state index contributed by atoms with van der Waals surface area (Å²) in [6.07, 6.45) is 6.91. The zero-order valence-electron chi connectivity index (χ0n) is 13.3.